The number of esters is 1. The van der Waals surface area contributed by atoms with E-state index < -0.39 is 11.9 Å². The molecule has 2 rings (SSSR count). The van der Waals surface area contributed by atoms with E-state index in [1.807, 2.05) is 0 Å². The molecule has 23 heavy (non-hydrogen) atoms. The van der Waals surface area contributed by atoms with Gasteiger partial charge in [0.05, 0.1) is 0 Å². The van der Waals surface area contributed by atoms with Crippen molar-refractivity contribution in [1.29, 1.82) is 0 Å². The van der Waals surface area contributed by atoms with Crippen LogP contribution < -0.4 is 0 Å². The number of hydrogen-bond donors (Lipinski definition) is 2. The normalized spacial score (nSPS) is 13.7. The lowest BCUT2D eigenvalue weighted by Crippen LogP contribution is -2.04. The number of phenolic OH excluding ortho intramolecular Hbond substituents is 1. The Labute approximate surface area is 133 Å². The van der Waals surface area contributed by atoms with Crippen molar-refractivity contribution in [3.05, 3.63) is 39.5 Å². The first-order valence-corrected chi connectivity index (χ1v) is 7.23. The summed E-state index contributed by atoms with van der Waals surface area (Å²) in [5.41, 5.74) is 2.85. The highest BCUT2D eigenvalue weighted by Crippen LogP contribution is 2.37. The maximum absolute atomic E-state index is 11.8. The Morgan fingerprint density at radius 2 is 2.04 bits per heavy atom. The number of hydrogen-bond acceptors (Lipinski definition) is 5. The number of rotatable bonds is 6. The number of ether oxygens (including phenoxy) is 1. The first-order chi connectivity index (χ1) is 10.9. The number of carbonyl (C=O) groups is 3. The predicted octanol–water partition coefficient (Wildman–Crippen LogP) is 2.54. The van der Waals surface area contributed by atoms with Gasteiger partial charge in [-0.05, 0) is 32.3 Å². The molecule has 0 aromatic heterocycles. The lowest BCUT2D eigenvalue weighted by atomic mass is 9.91. The lowest BCUT2D eigenvalue weighted by molar-refractivity contribution is -0.136. The van der Waals surface area contributed by atoms with Crippen LogP contribution in [0.5, 0.6) is 5.75 Å². The second-order valence-electron chi connectivity index (χ2n) is 5.56. The van der Waals surface area contributed by atoms with Gasteiger partial charge in [-0.3, -0.25) is 9.59 Å². The van der Waals surface area contributed by atoms with Crippen molar-refractivity contribution >= 4 is 18.2 Å². The molecule has 0 amide bonds. The van der Waals surface area contributed by atoms with Gasteiger partial charge in [0.2, 0.25) is 0 Å². The van der Waals surface area contributed by atoms with Crippen LogP contribution in [0.25, 0.3) is 0 Å². The first-order valence-electron chi connectivity index (χ1n) is 7.23. The molecular weight excluding hydrogens is 300 g/mol. The molecule has 0 saturated carbocycles. The van der Waals surface area contributed by atoms with Crippen molar-refractivity contribution in [3.8, 4) is 5.75 Å². The highest BCUT2D eigenvalue weighted by atomic mass is 16.5. The topological polar surface area (TPSA) is 101 Å². The van der Waals surface area contributed by atoms with Crippen LogP contribution in [0, 0.1) is 6.92 Å². The van der Waals surface area contributed by atoms with Crippen molar-refractivity contribution in [2.75, 3.05) is 0 Å². The Morgan fingerprint density at radius 1 is 1.35 bits per heavy atom. The minimum atomic E-state index is -0.884. The number of phenols is 1. The van der Waals surface area contributed by atoms with Gasteiger partial charge in [0.25, 0.3) is 0 Å². The Kier molecular flexibility index (Phi) is 4.83. The number of aliphatic carboxylic acids is 1. The van der Waals surface area contributed by atoms with Crippen molar-refractivity contribution in [1.82, 2.24) is 0 Å². The highest BCUT2D eigenvalue weighted by molar-refractivity contribution is 5.99. The minimum absolute atomic E-state index is 0.0182. The summed E-state index contributed by atoms with van der Waals surface area (Å²) in [6, 6.07) is 0. The van der Waals surface area contributed by atoms with Gasteiger partial charge in [0, 0.05) is 23.1 Å². The summed E-state index contributed by atoms with van der Waals surface area (Å²) in [4.78, 5) is 33.7. The summed E-state index contributed by atoms with van der Waals surface area (Å²) in [7, 11) is 0. The molecule has 0 radical (unpaired) electrons. The first kappa shape index (κ1) is 16.7. The van der Waals surface area contributed by atoms with Gasteiger partial charge >= 0.3 is 11.9 Å². The predicted molar refractivity (Wildman–Crippen MR) is 81.7 cm³/mol. The number of carboxylic acids is 1. The van der Waals surface area contributed by atoms with Crippen LogP contribution in [0.15, 0.2) is 11.6 Å². The van der Waals surface area contributed by atoms with Crippen LogP contribution in [-0.2, 0) is 22.6 Å². The fourth-order valence-corrected chi connectivity index (χ4v) is 2.66. The molecule has 0 spiro atoms. The second-order valence-corrected chi connectivity index (χ2v) is 5.56. The Morgan fingerprint density at radius 3 is 2.65 bits per heavy atom. The maximum Gasteiger partial charge on any atom is 0.342 e. The van der Waals surface area contributed by atoms with Crippen molar-refractivity contribution in [3.63, 3.8) is 0 Å². The number of cyclic esters (lactones) is 1. The molecule has 0 atom stereocenters. The molecule has 1 aromatic carbocycles. The van der Waals surface area contributed by atoms with E-state index in [0.717, 1.165) is 5.57 Å². The molecule has 1 heterocycles. The molecule has 1 aliphatic heterocycles. The molecule has 1 aliphatic rings. The van der Waals surface area contributed by atoms with E-state index in [4.69, 9.17) is 9.84 Å². The zero-order chi connectivity index (χ0) is 17.1. The molecule has 122 valence electrons. The number of fused-ring (bicyclic) bond motifs is 1. The van der Waals surface area contributed by atoms with E-state index in [9.17, 15) is 19.5 Å². The zero-order valence-electron chi connectivity index (χ0n) is 13.0. The lowest BCUT2D eigenvalue weighted by Gasteiger charge is -2.13. The van der Waals surface area contributed by atoms with Gasteiger partial charge in [-0.2, -0.15) is 0 Å². The van der Waals surface area contributed by atoms with Gasteiger partial charge in [-0.1, -0.05) is 11.6 Å². The number of aromatic hydroxyl groups is 1. The maximum atomic E-state index is 11.8. The number of benzene rings is 1. The summed E-state index contributed by atoms with van der Waals surface area (Å²) < 4.78 is 4.93. The molecule has 0 fully saturated rings. The number of carbonyl (C=O) groups excluding carboxylic acids is 2. The SMILES string of the molecule is C/C(=C\Cc1c(O)c2c(c(C)c1C=O)COC2=O)CCC(=O)O. The zero-order valence-corrected chi connectivity index (χ0v) is 13.0. The molecule has 2 N–H and O–H groups in total. The molecule has 0 aliphatic carbocycles. The summed E-state index contributed by atoms with van der Waals surface area (Å²) in [5, 5.41) is 19.0. The van der Waals surface area contributed by atoms with Crippen molar-refractivity contribution in [2.24, 2.45) is 0 Å². The van der Waals surface area contributed by atoms with E-state index in [1.54, 1.807) is 19.9 Å². The molecule has 0 unspecified atom stereocenters. The largest absolute Gasteiger partial charge is 0.507 e. The van der Waals surface area contributed by atoms with Crippen LogP contribution in [0.3, 0.4) is 0 Å². The molecule has 1 aromatic rings. The highest BCUT2D eigenvalue weighted by Gasteiger charge is 2.31. The summed E-state index contributed by atoms with van der Waals surface area (Å²) >= 11 is 0. The van der Waals surface area contributed by atoms with E-state index in [0.29, 0.717) is 35.0 Å². The molecule has 6 heteroatoms. The third-order valence-electron chi connectivity index (χ3n) is 4.06. The number of allylic oxidation sites excluding steroid dienone is 2. The second kappa shape index (κ2) is 6.64. The molecule has 0 bridgehead atoms. The van der Waals surface area contributed by atoms with Crippen molar-refractivity contribution in [2.45, 2.75) is 39.7 Å². The third kappa shape index (κ3) is 3.26. The average Bonchev–Trinajstić information content (AvgIpc) is 2.89. The van der Waals surface area contributed by atoms with Gasteiger partial charge in [0.1, 0.15) is 17.9 Å². The van der Waals surface area contributed by atoms with E-state index in [-0.39, 0.29) is 30.8 Å². The number of carboxylic acid groups (broad SMARTS) is 1. The molecule has 6 nitrogen and oxygen atoms in total. The Balaban J connectivity index is 2.39. The average molecular weight is 318 g/mol. The quantitative estimate of drug-likeness (QED) is 0.475. The van der Waals surface area contributed by atoms with Crippen LogP contribution in [0.1, 0.15) is 57.2 Å². The van der Waals surface area contributed by atoms with Crippen LogP contribution in [-0.4, -0.2) is 28.4 Å². The Bertz CT molecular complexity index is 715. The van der Waals surface area contributed by atoms with Crippen LogP contribution in [0.2, 0.25) is 0 Å². The fraction of sp³-hybridized carbons (Fsp3) is 0.353. The monoisotopic (exact) mass is 318 g/mol. The van der Waals surface area contributed by atoms with Crippen LogP contribution in [0.4, 0.5) is 0 Å². The smallest absolute Gasteiger partial charge is 0.342 e. The summed E-state index contributed by atoms with van der Waals surface area (Å²) in [6.45, 7) is 3.56. The standard InChI is InChI=1S/C17H18O6/c1-9(4-6-14(19)20)3-5-11-12(7-18)10(2)13-8-23-17(22)15(13)16(11)21/h3,7,21H,4-6,8H2,1-2H3,(H,19,20)/b9-3+. The van der Waals surface area contributed by atoms with E-state index >= 15 is 0 Å². The third-order valence-corrected chi connectivity index (χ3v) is 4.06. The fourth-order valence-electron chi connectivity index (χ4n) is 2.66. The molecular formula is C17H18O6. The van der Waals surface area contributed by atoms with Gasteiger partial charge in [0.15, 0.2) is 6.29 Å². The van der Waals surface area contributed by atoms with Crippen molar-refractivity contribution < 1.29 is 29.3 Å². The van der Waals surface area contributed by atoms with E-state index in [2.05, 4.69) is 0 Å². The summed E-state index contributed by atoms with van der Waals surface area (Å²) in [6.07, 6.45) is 3.07. The van der Waals surface area contributed by atoms with Gasteiger partial charge < -0.3 is 14.9 Å². The number of aldehydes is 1. The van der Waals surface area contributed by atoms with Gasteiger partial charge in [-0.15, -0.1) is 0 Å². The van der Waals surface area contributed by atoms with E-state index in [1.165, 1.54) is 0 Å². The minimum Gasteiger partial charge on any atom is -0.507 e. The van der Waals surface area contributed by atoms with Gasteiger partial charge in [-0.25, -0.2) is 4.79 Å². The Hall–Kier alpha value is -2.63. The molecule has 0 saturated heterocycles. The van der Waals surface area contributed by atoms with Crippen LogP contribution >= 0.6 is 0 Å². The summed E-state index contributed by atoms with van der Waals surface area (Å²) in [5.74, 6) is -1.70.